The number of nitrogens with zero attached hydrogens (tertiary/aromatic N) is 2. The van der Waals surface area contributed by atoms with Crippen LogP contribution in [0.5, 0.6) is 0 Å². The molecule has 1 saturated carbocycles. The van der Waals surface area contributed by atoms with E-state index >= 15 is 0 Å². The molecule has 0 aromatic carbocycles. The Hall–Kier alpha value is -2.54. The molecule has 2 aromatic heterocycles. The van der Waals surface area contributed by atoms with E-state index in [9.17, 15) is 14.7 Å². The average Bonchev–Trinajstić information content (AvgIpc) is 2.59. The lowest BCUT2D eigenvalue weighted by molar-refractivity contribution is -0.122. The zero-order valence-corrected chi connectivity index (χ0v) is 13.9. The fraction of sp³-hybridized carbons (Fsp3) is 0.444. The number of carbonyl (C=O) groups is 1. The molecule has 1 aliphatic rings. The highest BCUT2D eigenvalue weighted by Crippen LogP contribution is 2.31. The highest BCUT2D eigenvalue weighted by atomic mass is 16.3. The molecule has 3 rings (SSSR count). The third kappa shape index (κ3) is 4.96. The van der Waals surface area contributed by atoms with Crippen molar-refractivity contribution in [2.24, 2.45) is 5.92 Å². The van der Waals surface area contributed by atoms with Gasteiger partial charge in [0.25, 0.3) is 5.56 Å². The number of aliphatic hydroxyl groups is 1. The zero-order valence-electron chi connectivity index (χ0n) is 13.9. The topological polar surface area (TPSA) is 108 Å². The number of amides is 1. The summed E-state index contributed by atoms with van der Waals surface area (Å²) in [5.74, 6) is 0.211. The van der Waals surface area contributed by atoms with Gasteiger partial charge >= 0.3 is 0 Å². The molecule has 0 spiro atoms. The Morgan fingerprint density at radius 3 is 2.76 bits per heavy atom. The van der Waals surface area contributed by atoms with Crippen molar-refractivity contribution in [3.8, 4) is 0 Å². The van der Waals surface area contributed by atoms with Gasteiger partial charge < -0.3 is 10.4 Å². The SMILES string of the molecule is O=C(CCc1ccc(=O)[nH]n1)NC(Cc1ccccn1)C1CC(O)C1. The minimum Gasteiger partial charge on any atom is -0.393 e. The van der Waals surface area contributed by atoms with E-state index in [0.29, 0.717) is 37.8 Å². The molecule has 1 fully saturated rings. The van der Waals surface area contributed by atoms with Gasteiger partial charge in [0.05, 0.1) is 11.8 Å². The maximum absolute atomic E-state index is 12.3. The van der Waals surface area contributed by atoms with Crippen LogP contribution < -0.4 is 10.9 Å². The first-order chi connectivity index (χ1) is 12.1. The number of nitrogens with one attached hydrogen (secondary N) is 2. The van der Waals surface area contributed by atoms with Crippen LogP contribution in [0.25, 0.3) is 0 Å². The number of aliphatic hydroxyl groups excluding tert-OH is 1. The Balaban J connectivity index is 1.56. The second-order valence-electron chi connectivity index (χ2n) is 6.50. The van der Waals surface area contributed by atoms with Gasteiger partial charge in [-0.25, -0.2) is 5.10 Å². The molecule has 7 nitrogen and oxygen atoms in total. The van der Waals surface area contributed by atoms with Crippen LogP contribution in [0.1, 0.15) is 30.7 Å². The molecule has 2 aromatic rings. The molecule has 7 heteroatoms. The van der Waals surface area contributed by atoms with Crippen molar-refractivity contribution in [2.45, 2.75) is 44.2 Å². The minimum atomic E-state index is -0.265. The molecule has 1 atom stereocenters. The van der Waals surface area contributed by atoms with Gasteiger partial charge in [0.2, 0.25) is 5.91 Å². The quantitative estimate of drug-likeness (QED) is 0.683. The summed E-state index contributed by atoms with van der Waals surface area (Å²) in [4.78, 5) is 27.6. The van der Waals surface area contributed by atoms with Crippen molar-refractivity contribution in [3.63, 3.8) is 0 Å². The number of pyridine rings is 1. The maximum Gasteiger partial charge on any atom is 0.264 e. The van der Waals surface area contributed by atoms with E-state index in [1.165, 1.54) is 6.07 Å². The van der Waals surface area contributed by atoms with Crippen LogP contribution in [0.4, 0.5) is 0 Å². The summed E-state index contributed by atoms with van der Waals surface area (Å²) in [6, 6.07) is 8.73. The number of hydrogen-bond donors (Lipinski definition) is 3. The molecule has 2 heterocycles. The van der Waals surface area contributed by atoms with Gasteiger partial charge in [-0.05, 0) is 37.0 Å². The van der Waals surface area contributed by atoms with Crippen LogP contribution >= 0.6 is 0 Å². The largest absolute Gasteiger partial charge is 0.393 e. The zero-order chi connectivity index (χ0) is 17.6. The van der Waals surface area contributed by atoms with Gasteiger partial charge in [-0.1, -0.05) is 6.07 Å². The van der Waals surface area contributed by atoms with Crippen molar-refractivity contribution in [1.29, 1.82) is 0 Å². The highest BCUT2D eigenvalue weighted by molar-refractivity contribution is 5.76. The Morgan fingerprint density at radius 2 is 2.12 bits per heavy atom. The van der Waals surface area contributed by atoms with Crippen LogP contribution in [0, 0.1) is 5.92 Å². The van der Waals surface area contributed by atoms with E-state index < -0.39 is 0 Å². The van der Waals surface area contributed by atoms with Gasteiger partial charge in [-0.3, -0.25) is 14.6 Å². The van der Waals surface area contributed by atoms with E-state index in [0.717, 1.165) is 5.69 Å². The highest BCUT2D eigenvalue weighted by Gasteiger charge is 2.34. The third-order valence-electron chi connectivity index (χ3n) is 4.57. The standard InChI is InChI=1S/C18H22N4O3/c23-15-9-12(10-15)16(11-14-3-1-2-8-19-14)20-17(24)6-4-13-5-7-18(25)22-21-13/h1-3,5,7-8,12,15-16,23H,4,6,9-11H2,(H,20,24)(H,22,25). The summed E-state index contributed by atoms with van der Waals surface area (Å²) in [7, 11) is 0. The number of aromatic nitrogens is 3. The van der Waals surface area contributed by atoms with Gasteiger partial charge in [0.1, 0.15) is 0 Å². The van der Waals surface area contributed by atoms with Gasteiger partial charge in [0, 0.05) is 43.3 Å². The van der Waals surface area contributed by atoms with Gasteiger partial charge in [-0.2, -0.15) is 5.10 Å². The summed E-state index contributed by atoms with van der Waals surface area (Å²) in [5, 5.41) is 18.9. The van der Waals surface area contributed by atoms with Gasteiger partial charge in [-0.15, -0.1) is 0 Å². The first kappa shape index (κ1) is 17.3. The van der Waals surface area contributed by atoms with Crippen LogP contribution in [-0.4, -0.2) is 38.3 Å². The summed E-state index contributed by atoms with van der Waals surface area (Å²) in [6.07, 6.45) is 4.31. The lowest BCUT2D eigenvalue weighted by Crippen LogP contribution is -2.48. The van der Waals surface area contributed by atoms with Crippen molar-refractivity contribution < 1.29 is 9.90 Å². The predicted octanol–water partition coefficient (Wildman–Crippen LogP) is 0.596. The molecule has 1 aliphatic carbocycles. The number of carbonyl (C=O) groups excluding carboxylic acids is 1. The number of H-pyrrole nitrogens is 1. The van der Waals surface area contributed by atoms with Gasteiger partial charge in [0.15, 0.2) is 0 Å². The number of aryl methyl sites for hydroxylation is 1. The van der Waals surface area contributed by atoms with E-state index in [-0.39, 0.29) is 29.5 Å². The first-order valence-electron chi connectivity index (χ1n) is 8.52. The maximum atomic E-state index is 12.3. The molecular weight excluding hydrogens is 320 g/mol. The van der Waals surface area contributed by atoms with Crippen molar-refractivity contribution in [2.75, 3.05) is 0 Å². The number of rotatable bonds is 7. The molecule has 25 heavy (non-hydrogen) atoms. The van der Waals surface area contributed by atoms with E-state index in [1.807, 2.05) is 18.2 Å². The molecule has 0 radical (unpaired) electrons. The summed E-state index contributed by atoms with van der Waals surface area (Å²) in [6.45, 7) is 0. The number of aromatic amines is 1. The molecule has 0 saturated heterocycles. The summed E-state index contributed by atoms with van der Waals surface area (Å²) >= 11 is 0. The lowest BCUT2D eigenvalue weighted by Gasteiger charge is -2.38. The normalized spacial score (nSPS) is 20.5. The Kier molecular flexibility index (Phi) is 5.55. The van der Waals surface area contributed by atoms with Crippen LogP contribution in [-0.2, 0) is 17.6 Å². The fourth-order valence-electron chi connectivity index (χ4n) is 3.07. The van der Waals surface area contributed by atoms with E-state index in [2.05, 4.69) is 20.5 Å². The molecule has 1 unspecified atom stereocenters. The molecule has 132 valence electrons. The van der Waals surface area contributed by atoms with E-state index in [1.54, 1.807) is 12.3 Å². The molecular formula is C18H22N4O3. The fourth-order valence-corrected chi connectivity index (χ4v) is 3.07. The van der Waals surface area contributed by atoms with Crippen LogP contribution in [0.15, 0.2) is 41.3 Å². The molecule has 0 aliphatic heterocycles. The third-order valence-corrected chi connectivity index (χ3v) is 4.57. The molecule has 0 bridgehead atoms. The van der Waals surface area contributed by atoms with Crippen molar-refractivity contribution in [3.05, 3.63) is 58.3 Å². The Morgan fingerprint density at radius 1 is 1.28 bits per heavy atom. The van der Waals surface area contributed by atoms with Crippen LogP contribution in [0.3, 0.4) is 0 Å². The second kappa shape index (κ2) is 8.02. The summed E-state index contributed by atoms with van der Waals surface area (Å²) < 4.78 is 0. The molecule has 1 amide bonds. The van der Waals surface area contributed by atoms with Crippen LogP contribution in [0.2, 0.25) is 0 Å². The molecule has 3 N–H and O–H groups in total. The lowest BCUT2D eigenvalue weighted by atomic mass is 9.76. The minimum absolute atomic E-state index is 0.0330. The average molecular weight is 342 g/mol. The Bertz CT molecular complexity index is 736. The number of hydrogen-bond acceptors (Lipinski definition) is 5. The summed E-state index contributed by atoms with van der Waals surface area (Å²) in [5.41, 5.74) is 1.35. The first-order valence-corrected chi connectivity index (χ1v) is 8.52. The second-order valence-corrected chi connectivity index (χ2v) is 6.50. The van der Waals surface area contributed by atoms with Crippen molar-refractivity contribution in [1.82, 2.24) is 20.5 Å². The monoisotopic (exact) mass is 342 g/mol. The smallest absolute Gasteiger partial charge is 0.264 e. The van der Waals surface area contributed by atoms with Crippen molar-refractivity contribution >= 4 is 5.91 Å². The predicted molar refractivity (Wildman–Crippen MR) is 91.8 cm³/mol. The Labute approximate surface area is 145 Å². The van der Waals surface area contributed by atoms with E-state index in [4.69, 9.17) is 0 Å².